The van der Waals surface area contributed by atoms with Gasteiger partial charge in [-0.3, -0.25) is 14.7 Å². The van der Waals surface area contributed by atoms with E-state index in [9.17, 15) is 4.79 Å². The predicted molar refractivity (Wildman–Crippen MR) is 103 cm³/mol. The number of halogens is 1. The summed E-state index contributed by atoms with van der Waals surface area (Å²) in [6.45, 7) is 1.29. The smallest absolute Gasteiger partial charge is 0.233 e. The first-order valence-electron chi connectivity index (χ1n) is 8.01. The summed E-state index contributed by atoms with van der Waals surface area (Å²) >= 11 is 7.75. The van der Waals surface area contributed by atoms with Crippen LogP contribution < -0.4 is 4.74 Å². The van der Waals surface area contributed by atoms with Crippen molar-refractivity contribution in [1.29, 1.82) is 0 Å². The maximum atomic E-state index is 12.6. The summed E-state index contributed by atoms with van der Waals surface area (Å²) in [6.07, 6.45) is 0.357. The zero-order valence-electron chi connectivity index (χ0n) is 13.9. The van der Waals surface area contributed by atoms with E-state index in [1.54, 1.807) is 23.8 Å². The predicted octanol–water partition coefficient (Wildman–Crippen LogP) is 4.02. The number of thioether (sulfide) groups is 1. The van der Waals surface area contributed by atoms with Crippen molar-refractivity contribution in [3.63, 3.8) is 0 Å². The molecular weight excluding hydrogens is 356 g/mol. The first-order chi connectivity index (χ1) is 12.2. The molecule has 0 aliphatic carbocycles. The van der Waals surface area contributed by atoms with Crippen LogP contribution in [0.3, 0.4) is 0 Å². The van der Waals surface area contributed by atoms with Crippen molar-refractivity contribution in [3.05, 3.63) is 64.7 Å². The van der Waals surface area contributed by atoms with E-state index in [-0.39, 0.29) is 5.91 Å². The Balaban J connectivity index is 1.60. The molecule has 2 aromatic carbocycles. The summed E-state index contributed by atoms with van der Waals surface area (Å²) in [6, 6.07) is 15.3. The highest BCUT2D eigenvalue weighted by Gasteiger charge is 2.24. The van der Waals surface area contributed by atoms with Crippen LogP contribution in [0.2, 0.25) is 5.02 Å². The van der Waals surface area contributed by atoms with Crippen LogP contribution in [0.4, 0.5) is 0 Å². The van der Waals surface area contributed by atoms with E-state index in [0.29, 0.717) is 25.3 Å². The first kappa shape index (κ1) is 17.8. The number of hydrogen-bond donors (Lipinski definition) is 0. The van der Waals surface area contributed by atoms with Crippen LogP contribution in [-0.2, 0) is 17.0 Å². The normalized spacial score (nSPS) is 13.7. The van der Waals surface area contributed by atoms with Crippen molar-refractivity contribution in [2.45, 2.75) is 12.2 Å². The fraction of sp³-hybridized carbons (Fsp3) is 0.263. The van der Waals surface area contributed by atoms with Crippen LogP contribution in [-0.4, -0.2) is 36.2 Å². The molecule has 0 atom stereocenters. The number of carbonyl (C=O) groups excluding carboxylic acids is 1. The zero-order chi connectivity index (χ0) is 17.6. The van der Waals surface area contributed by atoms with Crippen molar-refractivity contribution >= 4 is 34.4 Å². The molecule has 1 heterocycles. The van der Waals surface area contributed by atoms with Gasteiger partial charge in [0, 0.05) is 17.3 Å². The highest BCUT2D eigenvalue weighted by Crippen LogP contribution is 2.24. The fourth-order valence-electron chi connectivity index (χ4n) is 2.55. The molecule has 130 valence electrons. The highest BCUT2D eigenvalue weighted by atomic mass is 35.5. The van der Waals surface area contributed by atoms with E-state index >= 15 is 0 Å². The number of ether oxygens (including phenoxy) is 1. The molecule has 1 amide bonds. The summed E-state index contributed by atoms with van der Waals surface area (Å²) in [5.74, 6) is 1.55. The van der Waals surface area contributed by atoms with Crippen molar-refractivity contribution < 1.29 is 9.53 Å². The molecule has 25 heavy (non-hydrogen) atoms. The van der Waals surface area contributed by atoms with Gasteiger partial charge in [0.1, 0.15) is 5.75 Å². The minimum atomic E-state index is 0.0630. The lowest BCUT2D eigenvalue weighted by Gasteiger charge is -2.18. The molecule has 0 saturated heterocycles. The standard InChI is InChI=1S/C19H19ClN2O2S/c1-24-16-8-6-14(7-9-16)12-18(23)22-11-10-21-19(22)25-13-15-4-2-3-5-17(15)20/h2-9H,10-13H2,1H3. The van der Waals surface area contributed by atoms with E-state index in [0.717, 1.165) is 27.1 Å². The van der Waals surface area contributed by atoms with E-state index in [1.165, 1.54) is 0 Å². The van der Waals surface area contributed by atoms with Gasteiger partial charge < -0.3 is 4.74 Å². The topological polar surface area (TPSA) is 41.9 Å². The molecule has 0 radical (unpaired) electrons. The van der Waals surface area contributed by atoms with Crippen LogP contribution in [0.15, 0.2) is 53.5 Å². The zero-order valence-corrected chi connectivity index (χ0v) is 15.5. The van der Waals surface area contributed by atoms with Crippen LogP contribution >= 0.6 is 23.4 Å². The van der Waals surface area contributed by atoms with Gasteiger partial charge >= 0.3 is 0 Å². The molecule has 6 heteroatoms. The third-order valence-electron chi connectivity index (χ3n) is 3.93. The minimum absolute atomic E-state index is 0.0630. The molecule has 0 N–H and O–H groups in total. The van der Waals surface area contributed by atoms with Gasteiger partial charge in [0.15, 0.2) is 5.17 Å². The van der Waals surface area contributed by atoms with Gasteiger partial charge in [-0.25, -0.2) is 0 Å². The number of rotatable bonds is 5. The SMILES string of the molecule is COc1ccc(CC(=O)N2CCN=C2SCc2ccccc2Cl)cc1. The number of hydrogen-bond acceptors (Lipinski definition) is 4. The lowest BCUT2D eigenvalue weighted by Crippen LogP contribution is -2.34. The number of amides is 1. The number of carbonyl (C=O) groups is 1. The first-order valence-corrected chi connectivity index (χ1v) is 9.37. The van der Waals surface area contributed by atoms with Crippen LogP contribution in [0.25, 0.3) is 0 Å². The minimum Gasteiger partial charge on any atom is -0.497 e. The number of methoxy groups -OCH3 is 1. The molecule has 0 bridgehead atoms. The van der Waals surface area contributed by atoms with Crippen molar-refractivity contribution in [3.8, 4) is 5.75 Å². The van der Waals surface area contributed by atoms with E-state index < -0.39 is 0 Å². The van der Waals surface area contributed by atoms with Gasteiger partial charge in [-0.05, 0) is 29.3 Å². The van der Waals surface area contributed by atoms with Gasteiger partial charge in [0.25, 0.3) is 0 Å². The summed E-state index contributed by atoms with van der Waals surface area (Å²) in [7, 11) is 1.63. The van der Waals surface area contributed by atoms with Crippen molar-refractivity contribution in [1.82, 2.24) is 4.90 Å². The van der Waals surface area contributed by atoms with Gasteiger partial charge in [-0.2, -0.15) is 0 Å². The second kappa shape index (κ2) is 8.41. The van der Waals surface area contributed by atoms with Crippen LogP contribution in [0.1, 0.15) is 11.1 Å². The quantitative estimate of drug-likeness (QED) is 0.793. The average molecular weight is 375 g/mol. The van der Waals surface area contributed by atoms with E-state index in [1.807, 2.05) is 48.5 Å². The summed E-state index contributed by atoms with van der Waals surface area (Å²) in [5, 5.41) is 1.52. The third-order valence-corrected chi connectivity index (χ3v) is 5.36. The Morgan fingerprint density at radius 1 is 1.24 bits per heavy atom. The second-order valence-electron chi connectivity index (χ2n) is 5.61. The Morgan fingerprint density at radius 3 is 2.72 bits per heavy atom. The summed E-state index contributed by atoms with van der Waals surface area (Å²) in [5.41, 5.74) is 2.01. The molecule has 0 fully saturated rings. The van der Waals surface area contributed by atoms with Gasteiger partial charge in [0.05, 0.1) is 20.1 Å². The third kappa shape index (κ3) is 4.55. The fourth-order valence-corrected chi connectivity index (χ4v) is 3.90. The van der Waals surface area contributed by atoms with E-state index in [4.69, 9.17) is 16.3 Å². The molecule has 0 saturated carbocycles. The van der Waals surface area contributed by atoms with Gasteiger partial charge in [0.2, 0.25) is 5.91 Å². The monoisotopic (exact) mass is 374 g/mol. The molecule has 1 aliphatic rings. The number of nitrogens with zero attached hydrogens (tertiary/aromatic N) is 2. The Labute approximate surface area is 156 Å². The van der Waals surface area contributed by atoms with Crippen molar-refractivity contribution in [2.24, 2.45) is 4.99 Å². The number of benzene rings is 2. The Morgan fingerprint density at radius 2 is 2.00 bits per heavy atom. The van der Waals surface area contributed by atoms with Crippen molar-refractivity contribution in [2.75, 3.05) is 20.2 Å². The van der Waals surface area contributed by atoms with Gasteiger partial charge in [-0.15, -0.1) is 0 Å². The molecular formula is C19H19ClN2O2S. The number of aliphatic imine (C=N–C) groups is 1. The number of amidine groups is 1. The lowest BCUT2D eigenvalue weighted by molar-refractivity contribution is -0.126. The largest absolute Gasteiger partial charge is 0.497 e. The summed E-state index contributed by atoms with van der Waals surface area (Å²) in [4.78, 5) is 18.9. The molecule has 0 aromatic heterocycles. The molecule has 4 nitrogen and oxygen atoms in total. The lowest BCUT2D eigenvalue weighted by atomic mass is 10.1. The molecule has 2 aromatic rings. The molecule has 1 aliphatic heterocycles. The molecule has 0 spiro atoms. The van der Waals surface area contributed by atoms with Gasteiger partial charge in [-0.1, -0.05) is 53.7 Å². The highest BCUT2D eigenvalue weighted by molar-refractivity contribution is 8.13. The maximum Gasteiger partial charge on any atom is 0.233 e. The maximum absolute atomic E-state index is 12.6. The Bertz CT molecular complexity index is 777. The molecule has 3 rings (SSSR count). The van der Waals surface area contributed by atoms with E-state index in [2.05, 4.69) is 4.99 Å². The Kier molecular flexibility index (Phi) is 6.00. The Hall–Kier alpha value is -1.98. The average Bonchev–Trinajstić information content (AvgIpc) is 3.10. The summed E-state index contributed by atoms with van der Waals surface area (Å²) < 4.78 is 5.15. The molecule has 0 unspecified atom stereocenters. The van der Waals surface area contributed by atoms with Crippen LogP contribution in [0, 0.1) is 0 Å². The second-order valence-corrected chi connectivity index (χ2v) is 6.96. The van der Waals surface area contributed by atoms with Crippen LogP contribution in [0.5, 0.6) is 5.75 Å².